The Kier molecular flexibility index (Phi) is 5.90. The van der Waals surface area contributed by atoms with Crippen LogP contribution >= 0.6 is 0 Å². The Morgan fingerprint density at radius 2 is 1.73 bits per heavy atom. The quantitative estimate of drug-likeness (QED) is 0.445. The van der Waals surface area contributed by atoms with E-state index >= 15 is 0 Å². The number of carbonyl (C=O) groups is 2. The molecule has 2 heterocycles. The highest BCUT2D eigenvalue weighted by Crippen LogP contribution is 2.23. The monoisotopic (exact) mass is 465 g/mol. The number of hydrogen-bond acceptors (Lipinski definition) is 6. The van der Waals surface area contributed by atoms with Crippen molar-refractivity contribution in [3.05, 3.63) is 83.2 Å². The number of Topliss-reactive ketones (excluding diaryl/α,β-unsaturated/α-hetero) is 1. The van der Waals surface area contributed by atoms with Gasteiger partial charge in [0.25, 0.3) is 10.0 Å². The van der Waals surface area contributed by atoms with Gasteiger partial charge in [0, 0.05) is 28.2 Å². The summed E-state index contributed by atoms with van der Waals surface area (Å²) in [5.41, 5.74) is 3.44. The zero-order valence-corrected chi connectivity index (χ0v) is 19.2. The molecule has 3 aromatic rings. The Morgan fingerprint density at radius 1 is 1.06 bits per heavy atom. The summed E-state index contributed by atoms with van der Waals surface area (Å²) in [6.07, 6.45) is 0. The van der Waals surface area contributed by atoms with E-state index in [1.165, 1.54) is 13.0 Å². The number of ether oxygens (including phenoxy) is 1. The van der Waals surface area contributed by atoms with E-state index in [1.54, 1.807) is 24.3 Å². The van der Waals surface area contributed by atoms with Gasteiger partial charge in [0.2, 0.25) is 5.78 Å². The number of amidine groups is 1. The lowest BCUT2D eigenvalue weighted by Crippen LogP contribution is -2.27. The van der Waals surface area contributed by atoms with E-state index in [4.69, 9.17) is 4.74 Å². The maximum Gasteiger partial charge on any atom is 0.331 e. The normalized spacial score (nSPS) is 16.2. The molecule has 0 aliphatic carbocycles. The molecule has 8 nitrogen and oxygen atoms in total. The molecule has 0 saturated heterocycles. The molecule has 0 radical (unpaired) electrons. The SMILES string of the molecule is Cc1cc(C(=O)COC(=O)[C@H](C)N=C2NS(=O)(=O)c3ccccc32)c(C)n1-c1ccccc1. The number of rotatable bonds is 6. The van der Waals surface area contributed by atoms with Gasteiger partial charge in [-0.05, 0) is 51.1 Å². The summed E-state index contributed by atoms with van der Waals surface area (Å²) in [6.45, 7) is 4.79. The lowest BCUT2D eigenvalue weighted by atomic mass is 10.1. The van der Waals surface area contributed by atoms with Crippen LogP contribution in [0, 0.1) is 13.8 Å². The van der Waals surface area contributed by atoms with Crippen LogP contribution in [0.3, 0.4) is 0 Å². The van der Waals surface area contributed by atoms with Crippen molar-refractivity contribution in [3.63, 3.8) is 0 Å². The molecule has 33 heavy (non-hydrogen) atoms. The molecule has 0 unspecified atom stereocenters. The van der Waals surface area contributed by atoms with Gasteiger partial charge < -0.3 is 9.30 Å². The lowest BCUT2D eigenvalue weighted by molar-refractivity contribution is -0.143. The summed E-state index contributed by atoms with van der Waals surface area (Å²) in [5, 5.41) is 0. The Bertz CT molecular complexity index is 1370. The van der Waals surface area contributed by atoms with Gasteiger partial charge in [-0.3, -0.25) is 14.5 Å². The molecular formula is C24H23N3O5S. The molecule has 0 spiro atoms. The van der Waals surface area contributed by atoms with Crippen molar-refractivity contribution in [2.24, 2.45) is 4.99 Å². The van der Waals surface area contributed by atoms with Crippen molar-refractivity contribution in [2.45, 2.75) is 31.7 Å². The summed E-state index contributed by atoms with van der Waals surface area (Å²) in [4.78, 5) is 29.5. The Hall–Kier alpha value is -3.72. The summed E-state index contributed by atoms with van der Waals surface area (Å²) < 4.78 is 33.9. The second-order valence-corrected chi connectivity index (χ2v) is 9.39. The number of hydrogen-bond donors (Lipinski definition) is 1. The molecule has 1 aliphatic rings. The molecule has 1 aromatic heterocycles. The Morgan fingerprint density at radius 3 is 2.45 bits per heavy atom. The van der Waals surface area contributed by atoms with Gasteiger partial charge in [-0.2, -0.15) is 0 Å². The first-order chi connectivity index (χ1) is 15.7. The van der Waals surface area contributed by atoms with Crippen LogP contribution in [0.5, 0.6) is 0 Å². The number of aromatic nitrogens is 1. The Balaban J connectivity index is 1.46. The molecule has 0 saturated carbocycles. The minimum Gasteiger partial charge on any atom is -0.456 e. The molecule has 2 aromatic carbocycles. The van der Waals surface area contributed by atoms with Crippen LogP contribution in [0.15, 0.2) is 70.6 Å². The van der Waals surface area contributed by atoms with E-state index in [0.717, 1.165) is 17.1 Å². The average Bonchev–Trinajstić information content (AvgIpc) is 3.24. The van der Waals surface area contributed by atoms with Crippen molar-refractivity contribution in [3.8, 4) is 5.69 Å². The molecule has 0 fully saturated rings. The molecule has 0 amide bonds. The highest BCUT2D eigenvalue weighted by molar-refractivity contribution is 7.90. The van der Waals surface area contributed by atoms with Gasteiger partial charge >= 0.3 is 5.97 Å². The fourth-order valence-electron chi connectivity index (χ4n) is 3.83. The number of nitrogens with zero attached hydrogens (tertiary/aromatic N) is 2. The van der Waals surface area contributed by atoms with E-state index in [2.05, 4.69) is 9.71 Å². The first-order valence-electron chi connectivity index (χ1n) is 10.3. The van der Waals surface area contributed by atoms with E-state index in [1.807, 2.05) is 48.7 Å². The maximum absolute atomic E-state index is 12.8. The van der Waals surface area contributed by atoms with Gasteiger partial charge in [-0.25, -0.2) is 13.2 Å². The smallest absolute Gasteiger partial charge is 0.331 e. The van der Waals surface area contributed by atoms with Crippen molar-refractivity contribution in [1.29, 1.82) is 0 Å². The predicted molar refractivity (Wildman–Crippen MR) is 123 cm³/mol. The van der Waals surface area contributed by atoms with E-state index < -0.39 is 28.6 Å². The largest absolute Gasteiger partial charge is 0.456 e. The number of aliphatic imine (C=N–C) groups is 1. The highest BCUT2D eigenvalue weighted by atomic mass is 32.2. The number of benzene rings is 2. The minimum absolute atomic E-state index is 0.0767. The van der Waals surface area contributed by atoms with E-state index in [9.17, 15) is 18.0 Å². The molecule has 170 valence electrons. The van der Waals surface area contributed by atoms with Crippen molar-refractivity contribution in [1.82, 2.24) is 9.29 Å². The molecule has 4 rings (SSSR count). The second kappa shape index (κ2) is 8.67. The molecule has 0 bridgehead atoms. The molecule has 1 aliphatic heterocycles. The zero-order chi connectivity index (χ0) is 23.8. The number of aryl methyl sites for hydroxylation is 1. The third kappa shape index (κ3) is 4.31. The van der Waals surface area contributed by atoms with Crippen molar-refractivity contribution in [2.75, 3.05) is 6.61 Å². The third-order valence-corrected chi connectivity index (χ3v) is 6.82. The number of esters is 1. The number of nitrogens with one attached hydrogen (secondary N) is 1. The zero-order valence-electron chi connectivity index (χ0n) is 18.4. The molecule has 1 N–H and O–H groups in total. The van der Waals surface area contributed by atoms with Gasteiger partial charge in [0.15, 0.2) is 6.61 Å². The van der Waals surface area contributed by atoms with Crippen molar-refractivity contribution < 1.29 is 22.7 Å². The number of sulfonamides is 1. The van der Waals surface area contributed by atoms with Crippen molar-refractivity contribution >= 4 is 27.6 Å². The van der Waals surface area contributed by atoms with E-state index in [0.29, 0.717) is 11.1 Å². The number of para-hydroxylation sites is 1. The molecule has 9 heteroatoms. The Labute approximate surface area is 192 Å². The first-order valence-corrected chi connectivity index (χ1v) is 11.8. The summed E-state index contributed by atoms with van der Waals surface area (Å²) in [7, 11) is -3.71. The molecule has 1 atom stereocenters. The van der Waals surface area contributed by atoms with E-state index in [-0.39, 0.29) is 16.5 Å². The summed E-state index contributed by atoms with van der Waals surface area (Å²) >= 11 is 0. The van der Waals surface area contributed by atoms with Crippen LogP contribution < -0.4 is 4.72 Å². The van der Waals surface area contributed by atoms with Gasteiger partial charge in [0.1, 0.15) is 11.9 Å². The standard InChI is InChI=1S/C24H23N3O5S/c1-15-13-20(17(3)27(15)18-9-5-4-6-10-18)21(28)14-32-24(29)16(2)25-23-19-11-7-8-12-22(19)33(30,31)26-23/h4-13,16H,14H2,1-3H3,(H,25,26)/t16-/m0/s1. The average molecular weight is 466 g/mol. The first kappa shape index (κ1) is 22.5. The number of carbonyl (C=O) groups excluding carboxylic acids is 2. The van der Waals surface area contributed by atoms with Crippen LogP contribution in [0.4, 0.5) is 0 Å². The van der Waals surface area contributed by atoms with Gasteiger partial charge in [-0.1, -0.05) is 30.3 Å². The highest BCUT2D eigenvalue weighted by Gasteiger charge is 2.31. The summed E-state index contributed by atoms with van der Waals surface area (Å²) in [5.74, 6) is -0.977. The lowest BCUT2D eigenvalue weighted by Gasteiger charge is -2.10. The van der Waals surface area contributed by atoms with Gasteiger partial charge in [-0.15, -0.1) is 0 Å². The van der Waals surface area contributed by atoms with Crippen LogP contribution in [0.2, 0.25) is 0 Å². The van der Waals surface area contributed by atoms with Crippen LogP contribution in [-0.4, -0.2) is 43.2 Å². The van der Waals surface area contributed by atoms with Crippen LogP contribution in [0.1, 0.15) is 34.2 Å². The van der Waals surface area contributed by atoms with Crippen LogP contribution in [0.25, 0.3) is 5.69 Å². The minimum atomic E-state index is -3.71. The number of ketones is 1. The number of fused-ring (bicyclic) bond motifs is 1. The third-order valence-electron chi connectivity index (χ3n) is 5.42. The summed E-state index contributed by atoms with van der Waals surface area (Å²) in [6, 6.07) is 16.8. The van der Waals surface area contributed by atoms with Gasteiger partial charge in [0.05, 0.1) is 4.90 Å². The topological polar surface area (TPSA) is 107 Å². The van der Waals surface area contributed by atoms with Crippen LogP contribution in [-0.2, 0) is 19.6 Å². The fraction of sp³-hybridized carbons (Fsp3) is 0.208. The maximum atomic E-state index is 12.8. The molecular weight excluding hydrogens is 442 g/mol. The predicted octanol–water partition coefficient (Wildman–Crippen LogP) is 2.95. The second-order valence-electron chi connectivity index (χ2n) is 7.74. The fourth-order valence-corrected chi connectivity index (χ4v) is 5.07.